The number of imidazole rings is 1. The molecule has 1 aromatic heterocycles. The minimum atomic E-state index is -1.14. The van der Waals surface area contributed by atoms with Crippen LogP contribution in [-0.2, 0) is 4.79 Å². The first-order valence-electron chi connectivity index (χ1n) is 6.72. The first kappa shape index (κ1) is 14.6. The number of benzene rings is 2. The zero-order valence-corrected chi connectivity index (χ0v) is 11.8. The molecule has 0 amide bonds. The number of hydrogen-bond donors (Lipinski definition) is 2. The maximum absolute atomic E-state index is 11.1. The average molecular weight is 312 g/mol. The minimum absolute atomic E-state index is 0.0668. The monoisotopic (exact) mass is 312 g/mol. The lowest BCUT2D eigenvalue weighted by Crippen LogP contribution is -2.20. The van der Waals surface area contributed by atoms with E-state index in [4.69, 9.17) is 15.1 Å². The van der Waals surface area contributed by atoms with Crippen LogP contribution in [0.25, 0.3) is 22.4 Å². The second-order valence-corrected chi connectivity index (χ2v) is 4.77. The Kier molecular flexibility index (Phi) is 3.68. The summed E-state index contributed by atoms with van der Waals surface area (Å²) < 4.78 is 1.26. The topological polar surface area (TPSA) is 102 Å². The smallest absolute Gasteiger partial charge is 0.344 e. The van der Waals surface area contributed by atoms with Crippen LogP contribution >= 0.6 is 0 Å². The van der Waals surface area contributed by atoms with E-state index in [1.165, 1.54) is 16.9 Å². The van der Waals surface area contributed by atoms with Crippen molar-refractivity contribution in [1.82, 2.24) is 9.71 Å². The number of aliphatic carboxylic acids is 1. The van der Waals surface area contributed by atoms with Gasteiger partial charge in [-0.3, -0.25) is 0 Å². The maximum Gasteiger partial charge on any atom is 0.344 e. The fourth-order valence-corrected chi connectivity index (χ4v) is 2.21. The van der Waals surface area contributed by atoms with E-state index in [0.717, 1.165) is 5.56 Å². The molecule has 0 aliphatic heterocycles. The normalized spacial score (nSPS) is 10.6. The maximum atomic E-state index is 11.1. The molecule has 2 aromatic carbocycles. The highest BCUT2D eigenvalue weighted by Gasteiger charge is 2.16. The van der Waals surface area contributed by atoms with Gasteiger partial charge in [-0.2, -0.15) is 4.73 Å². The number of aromatic nitrogens is 2. The van der Waals surface area contributed by atoms with Gasteiger partial charge in [-0.05, 0) is 18.2 Å². The van der Waals surface area contributed by atoms with Crippen LogP contribution < -0.4 is 4.84 Å². The molecule has 0 saturated carbocycles. The summed E-state index contributed by atoms with van der Waals surface area (Å²) in [5.41, 5.74) is 1.70. The molecule has 0 radical (unpaired) electrons. The predicted octanol–water partition coefficient (Wildman–Crippen LogP) is 1.91. The number of carboxylic acids is 2. The van der Waals surface area contributed by atoms with E-state index in [1.54, 1.807) is 18.2 Å². The van der Waals surface area contributed by atoms with Crippen LogP contribution in [0, 0.1) is 0 Å². The van der Waals surface area contributed by atoms with Gasteiger partial charge in [-0.1, -0.05) is 30.3 Å². The van der Waals surface area contributed by atoms with Crippen LogP contribution in [0.15, 0.2) is 48.5 Å². The van der Waals surface area contributed by atoms with Crippen molar-refractivity contribution in [3.63, 3.8) is 0 Å². The Labute approximate surface area is 130 Å². The van der Waals surface area contributed by atoms with Crippen molar-refractivity contribution >= 4 is 23.0 Å². The summed E-state index contributed by atoms with van der Waals surface area (Å²) in [5, 5.41) is 17.9. The van der Waals surface area contributed by atoms with Crippen LogP contribution in [0.3, 0.4) is 0 Å². The number of fused-ring (bicyclic) bond motifs is 1. The highest BCUT2D eigenvalue weighted by molar-refractivity contribution is 5.93. The molecule has 0 fully saturated rings. The lowest BCUT2D eigenvalue weighted by Gasteiger charge is -2.09. The fraction of sp³-hybridized carbons (Fsp3) is 0.0625. The SMILES string of the molecule is O=C(O)COn1c(-c2ccccc2)nc2ccc(C(=O)O)cc21. The van der Waals surface area contributed by atoms with Crippen molar-refractivity contribution < 1.29 is 24.6 Å². The molecule has 2 N–H and O–H groups in total. The van der Waals surface area contributed by atoms with Gasteiger partial charge in [0, 0.05) is 5.56 Å². The molecule has 0 saturated heterocycles. The van der Waals surface area contributed by atoms with Gasteiger partial charge in [-0.15, -0.1) is 0 Å². The Morgan fingerprint density at radius 2 is 1.83 bits per heavy atom. The van der Waals surface area contributed by atoms with Crippen molar-refractivity contribution in [2.24, 2.45) is 0 Å². The first-order valence-corrected chi connectivity index (χ1v) is 6.72. The Morgan fingerprint density at radius 1 is 1.09 bits per heavy atom. The molecule has 7 heteroatoms. The van der Waals surface area contributed by atoms with Gasteiger partial charge in [0.2, 0.25) is 6.61 Å². The molecule has 0 bridgehead atoms. The molecule has 0 atom stereocenters. The quantitative estimate of drug-likeness (QED) is 0.746. The Balaban J connectivity index is 2.20. The third-order valence-electron chi connectivity index (χ3n) is 3.21. The summed E-state index contributed by atoms with van der Waals surface area (Å²) in [6, 6.07) is 13.5. The van der Waals surface area contributed by atoms with E-state index in [0.29, 0.717) is 16.9 Å². The lowest BCUT2D eigenvalue weighted by molar-refractivity contribution is -0.142. The Bertz CT molecular complexity index is 886. The zero-order chi connectivity index (χ0) is 16.4. The number of carboxylic acid groups (broad SMARTS) is 2. The highest BCUT2D eigenvalue weighted by Crippen LogP contribution is 2.24. The van der Waals surface area contributed by atoms with Crippen molar-refractivity contribution in [1.29, 1.82) is 0 Å². The fourth-order valence-electron chi connectivity index (χ4n) is 2.21. The second-order valence-electron chi connectivity index (χ2n) is 4.77. The van der Waals surface area contributed by atoms with Crippen molar-refractivity contribution in [3.05, 3.63) is 54.1 Å². The first-order chi connectivity index (χ1) is 11.1. The molecular formula is C16H12N2O5. The van der Waals surface area contributed by atoms with E-state index in [-0.39, 0.29) is 5.56 Å². The van der Waals surface area contributed by atoms with Crippen LogP contribution in [-0.4, -0.2) is 38.5 Å². The largest absolute Gasteiger partial charge is 0.479 e. The van der Waals surface area contributed by atoms with E-state index in [1.807, 2.05) is 18.2 Å². The number of hydrogen-bond acceptors (Lipinski definition) is 4. The van der Waals surface area contributed by atoms with Gasteiger partial charge in [0.15, 0.2) is 5.82 Å². The average Bonchev–Trinajstić information content (AvgIpc) is 2.91. The van der Waals surface area contributed by atoms with Gasteiger partial charge >= 0.3 is 11.9 Å². The molecule has 23 heavy (non-hydrogen) atoms. The van der Waals surface area contributed by atoms with Crippen LogP contribution in [0.2, 0.25) is 0 Å². The molecule has 0 unspecified atom stereocenters. The highest BCUT2D eigenvalue weighted by atomic mass is 16.7. The number of aromatic carboxylic acids is 1. The minimum Gasteiger partial charge on any atom is -0.479 e. The lowest BCUT2D eigenvalue weighted by atomic mass is 10.2. The van der Waals surface area contributed by atoms with E-state index in [9.17, 15) is 9.59 Å². The Hall–Kier alpha value is -3.35. The predicted molar refractivity (Wildman–Crippen MR) is 81.2 cm³/mol. The van der Waals surface area contributed by atoms with Crippen LogP contribution in [0.5, 0.6) is 0 Å². The molecule has 1 heterocycles. The van der Waals surface area contributed by atoms with Crippen molar-refractivity contribution in [2.45, 2.75) is 0 Å². The third-order valence-corrected chi connectivity index (χ3v) is 3.21. The molecule has 0 aliphatic rings. The molecule has 0 spiro atoms. The second kappa shape index (κ2) is 5.80. The number of nitrogens with zero attached hydrogens (tertiary/aromatic N) is 2. The molecule has 0 aliphatic carbocycles. The van der Waals surface area contributed by atoms with Crippen molar-refractivity contribution in [3.8, 4) is 11.4 Å². The van der Waals surface area contributed by atoms with Gasteiger partial charge < -0.3 is 15.1 Å². The van der Waals surface area contributed by atoms with E-state index in [2.05, 4.69) is 4.98 Å². The van der Waals surface area contributed by atoms with Gasteiger partial charge in [0.1, 0.15) is 5.52 Å². The van der Waals surface area contributed by atoms with Gasteiger partial charge in [0.05, 0.1) is 11.1 Å². The molecule has 7 nitrogen and oxygen atoms in total. The zero-order valence-electron chi connectivity index (χ0n) is 11.8. The number of rotatable bonds is 5. The number of carbonyl (C=O) groups is 2. The third kappa shape index (κ3) is 2.84. The Morgan fingerprint density at radius 3 is 2.48 bits per heavy atom. The summed E-state index contributed by atoms with van der Waals surface area (Å²) in [5.74, 6) is -1.82. The molecular weight excluding hydrogens is 300 g/mol. The standard InChI is InChI=1S/C16H12N2O5/c19-14(20)9-23-18-13-8-11(16(21)22)6-7-12(13)17-15(18)10-4-2-1-3-5-10/h1-8H,9H2,(H,19,20)(H,21,22). The van der Waals surface area contributed by atoms with Crippen molar-refractivity contribution in [2.75, 3.05) is 6.61 Å². The summed E-state index contributed by atoms with van der Waals surface area (Å²) in [6.07, 6.45) is 0. The van der Waals surface area contributed by atoms with Gasteiger partial charge in [0.25, 0.3) is 0 Å². The summed E-state index contributed by atoms with van der Waals surface area (Å²) in [7, 11) is 0. The van der Waals surface area contributed by atoms with Crippen LogP contribution in [0.4, 0.5) is 0 Å². The molecule has 3 rings (SSSR count). The molecule has 3 aromatic rings. The van der Waals surface area contributed by atoms with E-state index >= 15 is 0 Å². The van der Waals surface area contributed by atoms with Crippen LogP contribution in [0.1, 0.15) is 10.4 Å². The summed E-state index contributed by atoms with van der Waals surface area (Å²) in [6.45, 7) is -0.567. The summed E-state index contributed by atoms with van der Waals surface area (Å²) >= 11 is 0. The molecule has 116 valence electrons. The van der Waals surface area contributed by atoms with E-state index < -0.39 is 18.5 Å². The van der Waals surface area contributed by atoms with Gasteiger partial charge in [-0.25, -0.2) is 14.6 Å². The summed E-state index contributed by atoms with van der Waals surface area (Å²) in [4.78, 5) is 31.7.